The van der Waals surface area contributed by atoms with E-state index in [1.54, 1.807) is 7.11 Å². The van der Waals surface area contributed by atoms with Crippen LogP contribution in [0.2, 0.25) is 0 Å². The molecule has 0 bridgehead atoms. The predicted octanol–water partition coefficient (Wildman–Crippen LogP) is -0.545. The number of methoxy groups -OCH3 is 1. The average molecular weight is 291 g/mol. The summed E-state index contributed by atoms with van der Waals surface area (Å²) < 4.78 is 15.1. The largest absolute Gasteiger partial charge is 0.382 e. The number of aliphatic hydroxyl groups excluding tert-OH is 1. The average Bonchev–Trinajstić information content (AvgIpc) is 2.73. The molecular weight excluding hydrogens is 270 g/mol. The van der Waals surface area contributed by atoms with Crippen LogP contribution in [0.3, 0.4) is 0 Å². The number of carbonyl (C=O) groups excluding carboxylic acids is 2. The number of carbonyl (C=O) groups is 2. The highest BCUT2D eigenvalue weighted by Gasteiger charge is 2.32. The molecule has 116 valence electrons. The second kappa shape index (κ2) is 9.65. The summed E-state index contributed by atoms with van der Waals surface area (Å²) in [4.78, 5) is 27.4. The van der Waals surface area contributed by atoms with Crippen molar-refractivity contribution in [2.45, 2.75) is 25.5 Å². The lowest BCUT2D eigenvalue weighted by Gasteiger charge is -2.18. The maximum atomic E-state index is 11.4. The normalized spacial score (nSPS) is 18.6. The molecule has 0 radical (unpaired) electrons. The highest BCUT2D eigenvalue weighted by molar-refractivity contribution is 5.79. The third kappa shape index (κ3) is 6.29. The van der Waals surface area contributed by atoms with Gasteiger partial charge in [-0.15, -0.1) is 5.06 Å². The zero-order valence-corrected chi connectivity index (χ0v) is 11.6. The molecule has 0 aliphatic carbocycles. The Labute approximate surface area is 117 Å². The summed E-state index contributed by atoms with van der Waals surface area (Å²) in [7, 11) is 1.59. The molecule has 0 spiro atoms. The van der Waals surface area contributed by atoms with Crippen molar-refractivity contribution in [1.29, 1.82) is 0 Å². The number of rotatable bonds is 10. The van der Waals surface area contributed by atoms with Gasteiger partial charge in [-0.1, -0.05) is 0 Å². The van der Waals surface area contributed by atoms with Crippen molar-refractivity contribution in [1.82, 2.24) is 5.06 Å². The van der Waals surface area contributed by atoms with Crippen LogP contribution in [0.1, 0.15) is 19.3 Å². The second-order valence-corrected chi connectivity index (χ2v) is 4.17. The van der Waals surface area contributed by atoms with E-state index >= 15 is 0 Å². The van der Waals surface area contributed by atoms with Gasteiger partial charge in [-0.25, -0.2) is 4.79 Å². The van der Waals surface area contributed by atoms with Crippen molar-refractivity contribution in [3.05, 3.63) is 0 Å². The maximum absolute atomic E-state index is 11.4. The number of aliphatic hydroxyl groups is 1. The monoisotopic (exact) mass is 291 g/mol. The van der Waals surface area contributed by atoms with Crippen LogP contribution in [0.15, 0.2) is 0 Å². The number of amides is 1. The van der Waals surface area contributed by atoms with E-state index in [2.05, 4.69) is 0 Å². The van der Waals surface area contributed by atoms with Crippen LogP contribution in [0, 0.1) is 0 Å². The Hall–Kier alpha value is -1.22. The van der Waals surface area contributed by atoms with Crippen molar-refractivity contribution in [2.24, 2.45) is 0 Å². The van der Waals surface area contributed by atoms with E-state index in [9.17, 15) is 14.7 Å². The Balaban J connectivity index is 1.99. The molecule has 0 aromatic rings. The lowest BCUT2D eigenvalue weighted by Crippen LogP contribution is -2.35. The molecule has 1 fully saturated rings. The minimum atomic E-state index is -1.04. The van der Waals surface area contributed by atoms with Crippen LogP contribution in [0.25, 0.3) is 0 Å². The summed E-state index contributed by atoms with van der Waals surface area (Å²) in [6.07, 6.45) is -0.568. The third-order valence-electron chi connectivity index (χ3n) is 2.59. The fourth-order valence-corrected chi connectivity index (χ4v) is 1.53. The minimum Gasteiger partial charge on any atom is -0.382 e. The number of ether oxygens (including phenoxy) is 3. The molecule has 1 N–H and O–H groups in total. The molecule has 1 aliphatic heterocycles. The second-order valence-electron chi connectivity index (χ2n) is 4.17. The quantitative estimate of drug-likeness (QED) is 0.540. The molecule has 0 saturated carbocycles. The predicted molar refractivity (Wildman–Crippen MR) is 66.3 cm³/mol. The molecule has 8 nitrogen and oxygen atoms in total. The van der Waals surface area contributed by atoms with E-state index in [1.807, 2.05) is 0 Å². The summed E-state index contributed by atoms with van der Waals surface area (Å²) >= 11 is 0. The molecule has 0 aromatic carbocycles. The molecule has 20 heavy (non-hydrogen) atoms. The fraction of sp³-hybridized carbons (Fsp3) is 0.833. The van der Waals surface area contributed by atoms with Crippen molar-refractivity contribution in [3.8, 4) is 0 Å². The first-order chi connectivity index (χ1) is 9.65. The summed E-state index contributed by atoms with van der Waals surface area (Å²) in [6.45, 7) is 1.98. The Kier molecular flexibility index (Phi) is 8.12. The van der Waals surface area contributed by atoms with Gasteiger partial charge in [-0.2, -0.15) is 0 Å². The van der Waals surface area contributed by atoms with Crippen LogP contribution >= 0.6 is 0 Å². The van der Waals surface area contributed by atoms with Crippen molar-refractivity contribution < 1.29 is 33.7 Å². The summed E-state index contributed by atoms with van der Waals surface area (Å²) in [5, 5.41) is 10.1. The third-order valence-corrected chi connectivity index (χ3v) is 2.59. The fourth-order valence-electron chi connectivity index (χ4n) is 1.53. The number of hydrogen-bond acceptors (Lipinski definition) is 7. The smallest absolute Gasteiger partial charge is 0.334 e. The molecule has 0 aromatic heterocycles. The van der Waals surface area contributed by atoms with Gasteiger partial charge in [-0.05, 0) is 0 Å². The van der Waals surface area contributed by atoms with E-state index in [1.165, 1.54) is 0 Å². The molecule has 1 saturated heterocycles. The summed E-state index contributed by atoms with van der Waals surface area (Å²) in [5.41, 5.74) is 0. The highest BCUT2D eigenvalue weighted by Crippen LogP contribution is 2.16. The standard InChI is InChI=1S/C12H21NO7/c1-17-6-7-19-9-8-18-5-4-12(16)20-13-10(14)2-3-11(13)15/h10,14H,2-9H2,1H3. The first kappa shape index (κ1) is 16.8. The maximum Gasteiger partial charge on any atom is 0.334 e. The molecule has 8 heteroatoms. The highest BCUT2D eigenvalue weighted by atomic mass is 16.7. The van der Waals surface area contributed by atoms with Crippen LogP contribution in [0.5, 0.6) is 0 Å². The first-order valence-corrected chi connectivity index (χ1v) is 6.50. The summed E-state index contributed by atoms with van der Waals surface area (Å²) in [6, 6.07) is 0. The van der Waals surface area contributed by atoms with Gasteiger partial charge >= 0.3 is 5.97 Å². The molecular formula is C12H21NO7. The van der Waals surface area contributed by atoms with E-state index in [0.717, 1.165) is 5.06 Å². The Bertz CT molecular complexity index is 310. The minimum absolute atomic E-state index is 0.00850. The van der Waals surface area contributed by atoms with Gasteiger partial charge in [0, 0.05) is 20.0 Å². The topological polar surface area (TPSA) is 94.5 Å². The van der Waals surface area contributed by atoms with Gasteiger partial charge < -0.3 is 24.2 Å². The first-order valence-electron chi connectivity index (χ1n) is 6.50. The van der Waals surface area contributed by atoms with E-state index in [-0.39, 0.29) is 25.9 Å². The van der Waals surface area contributed by atoms with Crippen molar-refractivity contribution >= 4 is 11.9 Å². The molecule has 1 aliphatic rings. The van der Waals surface area contributed by atoms with Gasteiger partial charge in [0.25, 0.3) is 5.91 Å². The van der Waals surface area contributed by atoms with Crippen LogP contribution in [-0.4, -0.2) is 68.4 Å². The molecule has 1 heterocycles. The molecule has 1 amide bonds. The van der Waals surface area contributed by atoms with Crippen LogP contribution in [-0.2, 0) is 28.6 Å². The number of hydrogen-bond donors (Lipinski definition) is 1. The summed E-state index contributed by atoms with van der Waals surface area (Å²) in [5.74, 6) is -1.00. The zero-order chi connectivity index (χ0) is 14.8. The van der Waals surface area contributed by atoms with Gasteiger partial charge in [0.1, 0.15) is 0 Å². The Morgan fingerprint density at radius 2 is 1.90 bits per heavy atom. The molecule has 1 unspecified atom stereocenters. The van der Waals surface area contributed by atoms with E-state index in [4.69, 9.17) is 19.0 Å². The Morgan fingerprint density at radius 1 is 1.25 bits per heavy atom. The van der Waals surface area contributed by atoms with E-state index in [0.29, 0.717) is 26.4 Å². The molecule has 1 atom stereocenters. The number of hydroxylamine groups is 2. The lowest BCUT2D eigenvalue weighted by atomic mass is 10.4. The Morgan fingerprint density at radius 3 is 2.50 bits per heavy atom. The number of nitrogens with zero attached hydrogens (tertiary/aromatic N) is 1. The van der Waals surface area contributed by atoms with Gasteiger partial charge in [0.05, 0.1) is 39.5 Å². The zero-order valence-electron chi connectivity index (χ0n) is 11.6. The van der Waals surface area contributed by atoms with Crippen LogP contribution in [0.4, 0.5) is 0 Å². The SMILES string of the molecule is COCCOCCOCCC(=O)ON1C(=O)CCC1O. The van der Waals surface area contributed by atoms with Gasteiger partial charge in [0.2, 0.25) is 0 Å². The van der Waals surface area contributed by atoms with Gasteiger partial charge in [-0.3, -0.25) is 4.79 Å². The van der Waals surface area contributed by atoms with E-state index < -0.39 is 18.1 Å². The van der Waals surface area contributed by atoms with Crippen molar-refractivity contribution in [2.75, 3.05) is 40.1 Å². The van der Waals surface area contributed by atoms with Crippen molar-refractivity contribution in [3.63, 3.8) is 0 Å². The molecule has 1 rings (SSSR count). The van der Waals surface area contributed by atoms with Gasteiger partial charge in [0.15, 0.2) is 6.23 Å². The lowest BCUT2D eigenvalue weighted by molar-refractivity contribution is -0.221. The van der Waals surface area contributed by atoms with Crippen LogP contribution < -0.4 is 0 Å².